The smallest absolute Gasteiger partial charge is 0.351 e. The van der Waals surface area contributed by atoms with Crippen LogP contribution in [0.3, 0.4) is 0 Å². The minimum atomic E-state index is -0.883. The molecule has 1 N–H and O–H groups in total. The van der Waals surface area contributed by atoms with Gasteiger partial charge in [0.25, 0.3) is 0 Å². The van der Waals surface area contributed by atoms with E-state index in [4.69, 9.17) is 8.83 Å². The molecule has 0 aliphatic rings. The third-order valence-electron chi connectivity index (χ3n) is 6.24. The van der Waals surface area contributed by atoms with Crippen molar-refractivity contribution in [1.29, 1.82) is 0 Å². The van der Waals surface area contributed by atoms with Crippen LogP contribution in [-0.4, -0.2) is 24.0 Å². The Morgan fingerprint density at radius 1 is 1.14 bits per heavy atom. The average molecular weight is 507 g/mol. The predicted molar refractivity (Wildman–Crippen MR) is 143 cm³/mol. The molecular formula is C30H34O7. The largest absolute Gasteiger partial charge is 0.507 e. The summed E-state index contributed by atoms with van der Waals surface area (Å²) in [6.45, 7) is 5.58. The lowest BCUT2D eigenvalue weighted by Crippen LogP contribution is -2.16. The summed E-state index contributed by atoms with van der Waals surface area (Å²) >= 11 is 0. The van der Waals surface area contributed by atoms with Crippen LogP contribution in [0.5, 0.6) is 5.75 Å². The number of hydrogen-bond acceptors (Lipinski definition) is 7. The molecule has 1 atom stereocenters. The van der Waals surface area contributed by atoms with E-state index in [1.807, 2.05) is 31.2 Å². The maximum Gasteiger partial charge on any atom is 0.351 e. The SMILES string of the molecule is CCCCc1ccc2oc(C=C(C)C(=O)c3c(O)cc(C(C)CCC=CCC(=O)OC)oc3=O)cc2c1. The molecule has 7 nitrogen and oxygen atoms in total. The number of Topliss-reactive ketones (excluding diaryl/α,β-unsaturated/α-hetero) is 1. The second-order valence-corrected chi connectivity index (χ2v) is 9.21. The second-order valence-electron chi connectivity index (χ2n) is 9.21. The summed E-state index contributed by atoms with van der Waals surface area (Å²) < 4.78 is 15.8. The van der Waals surface area contributed by atoms with E-state index >= 15 is 0 Å². The van der Waals surface area contributed by atoms with Crippen LogP contribution in [0.25, 0.3) is 17.0 Å². The van der Waals surface area contributed by atoms with Crippen molar-refractivity contribution in [3.63, 3.8) is 0 Å². The van der Waals surface area contributed by atoms with Crippen LogP contribution in [0, 0.1) is 0 Å². The number of hydrogen-bond donors (Lipinski definition) is 1. The molecule has 196 valence electrons. The third kappa shape index (κ3) is 7.32. The number of benzene rings is 1. The monoisotopic (exact) mass is 506 g/mol. The number of carbonyl (C=O) groups is 2. The molecular weight excluding hydrogens is 472 g/mol. The molecule has 0 bridgehead atoms. The quantitative estimate of drug-likeness (QED) is 0.126. The molecule has 3 rings (SSSR count). The van der Waals surface area contributed by atoms with Crippen molar-refractivity contribution in [2.24, 2.45) is 0 Å². The molecule has 0 amide bonds. The molecule has 7 heteroatoms. The highest BCUT2D eigenvalue weighted by atomic mass is 16.5. The van der Waals surface area contributed by atoms with Crippen LogP contribution < -0.4 is 5.63 Å². The Hall–Kier alpha value is -3.87. The maximum absolute atomic E-state index is 13.0. The first-order chi connectivity index (χ1) is 17.7. The van der Waals surface area contributed by atoms with Gasteiger partial charge in [0.05, 0.1) is 13.5 Å². The van der Waals surface area contributed by atoms with Gasteiger partial charge in [-0.25, -0.2) is 4.79 Å². The fourth-order valence-electron chi connectivity index (χ4n) is 4.02. The molecule has 2 heterocycles. The van der Waals surface area contributed by atoms with Gasteiger partial charge in [-0.2, -0.15) is 0 Å². The van der Waals surface area contributed by atoms with Gasteiger partial charge in [-0.3, -0.25) is 9.59 Å². The van der Waals surface area contributed by atoms with E-state index in [0.717, 1.165) is 24.6 Å². The summed E-state index contributed by atoms with van der Waals surface area (Å²) in [5.74, 6) is -0.759. The van der Waals surface area contributed by atoms with Crippen molar-refractivity contribution in [3.8, 4) is 5.75 Å². The molecule has 3 aromatic rings. The summed E-state index contributed by atoms with van der Waals surface area (Å²) in [5.41, 5.74) is 0.899. The number of ketones is 1. The summed E-state index contributed by atoms with van der Waals surface area (Å²) in [4.78, 5) is 36.8. The van der Waals surface area contributed by atoms with Gasteiger partial charge in [0, 0.05) is 22.9 Å². The lowest BCUT2D eigenvalue weighted by atomic mass is 9.99. The van der Waals surface area contributed by atoms with Gasteiger partial charge in [0.15, 0.2) is 5.78 Å². The van der Waals surface area contributed by atoms with Crippen LogP contribution in [0.4, 0.5) is 0 Å². The van der Waals surface area contributed by atoms with Crippen LogP contribution in [0.2, 0.25) is 0 Å². The number of carbonyl (C=O) groups excluding carboxylic acids is 2. The minimum absolute atomic E-state index is 0.181. The zero-order valence-electron chi connectivity index (χ0n) is 21.8. The molecule has 1 aromatic carbocycles. The van der Waals surface area contributed by atoms with E-state index in [2.05, 4.69) is 17.7 Å². The average Bonchev–Trinajstić information content (AvgIpc) is 3.27. The Balaban J connectivity index is 1.72. The zero-order chi connectivity index (χ0) is 26.9. The topological polar surface area (TPSA) is 107 Å². The summed E-state index contributed by atoms with van der Waals surface area (Å²) in [7, 11) is 1.33. The van der Waals surface area contributed by atoms with E-state index in [1.165, 1.54) is 18.7 Å². The fraction of sp³-hybridized carbons (Fsp3) is 0.367. The first kappa shape index (κ1) is 27.7. The number of aryl methyl sites for hydroxylation is 1. The Morgan fingerprint density at radius 2 is 1.92 bits per heavy atom. The van der Waals surface area contributed by atoms with Crippen molar-refractivity contribution < 1.29 is 28.3 Å². The molecule has 1 unspecified atom stereocenters. The Bertz CT molecular complexity index is 1370. The standard InChI is InChI=1S/C30H34O7/c1-5-6-11-21-13-14-25-22(16-21)17-23(36-25)15-20(3)29(33)28-24(31)18-26(37-30(28)34)19(2)10-8-7-9-12-27(32)35-4/h7,9,13-19,31H,5-6,8,10-12H2,1-4H3. The maximum atomic E-state index is 13.0. The van der Waals surface area contributed by atoms with Crippen LogP contribution in [0.1, 0.15) is 86.2 Å². The van der Waals surface area contributed by atoms with E-state index < -0.39 is 22.7 Å². The first-order valence-corrected chi connectivity index (χ1v) is 12.6. The summed E-state index contributed by atoms with van der Waals surface area (Å²) in [6.07, 6.45) is 9.81. The van der Waals surface area contributed by atoms with Gasteiger partial charge in [0.2, 0.25) is 0 Å². The molecule has 0 spiro atoms. The number of rotatable bonds is 12. The molecule has 0 aliphatic heterocycles. The number of furan rings is 1. The lowest BCUT2D eigenvalue weighted by molar-refractivity contribution is -0.139. The number of methoxy groups -OCH3 is 1. The van der Waals surface area contributed by atoms with Crippen molar-refractivity contribution in [2.45, 2.75) is 65.2 Å². The van der Waals surface area contributed by atoms with Crippen LogP contribution >= 0.6 is 0 Å². The number of ether oxygens (including phenoxy) is 1. The molecule has 0 aliphatic carbocycles. The van der Waals surface area contributed by atoms with Gasteiger partial charge < -0.3 is 18.7 Å². The number of unbranched alkanes of at least 4 members (excludes halogenated alkanes) is 1. The van der Waals surface area contributed by atoms with Gasteiger partial charge >= 0.3 is 11.6 Å². The van der Waals surface area contributed by atoms with E-state index in [1.54, 1.807) is 19.1 Å². The van der Waals surface area contributed by atoms with Gasteiger partial charge in [0.1, 0.15) is 28.4 Å². The molecule has 0 fully saturated rings. The first-order valence-electron chi connectivity index (χ1n) is 12.6. The molecule has 0 radical (unpaired) electrons. The number of esters is 1. The highest BCUT2D eigenvalue weighted by molar-refractivity contribution is 6.12. The predicted octanol–water partition coefficient (Wildman–Crippen LogP) is 6.72. The van der Waals surface area contributed by atoms with Gasteiger partial charge in [-0.15, -0.1) is 0 Å². The Kier molecular flexibility index (Phi) is 9.66. The molecule has 2 aromatic heterocycles. The summed E-state index contributed by atoms with van der Waals surface area (Å²) in [5, 5.41) is 11.5. The van der Waals surface area contributed by atoms with Crippen molar-refractivity contribution >= 4 is 28.8 Å². The third-order valence-corrected chi connectivity index (χ3v) is 6.24. The van der Waals surface area contributed by atoms with E-state index in [9.17, 15) is 19.5 Å². The Morgan fingerprint density at radius 3 is 2.62 bits per heavy atom. The van der Waals surface area contributed by atoms with Crippen LogP contribution in [0.15, 0.2) is 61.7 Å². The fourth-order valence-corrected chi connectivity index (χ4v) is 4.02. The number of fused-ring (bicyclic) bond motifs is 1. The van der Waals surface area contributed by atoms with Crippen molar-refractivity contribution in [3.05, 3.63) is 81.1 Å². The zero-order valence-corrected chi connectivity index (χ0v) is 21.8. The van der Waals surface area contributed by atoms with Crippen molar-refractivity contribution in [2.75, 3.05) is 7.11 Å². The molecule has 0 saturated carbocycles. The van der Waals surface area contributed by atoms with Gasteiger partial charge in [-0.05, 0) is 62.4 Å². The van der Waals surface area contributed by atoms with E-state index in [-0.39, 0.29) is 23.9 Å². The highest BCUT2D eigenvalue weighted by Gasteiger charge is 2.22. The number of aromatic hydroxyl groups is 1. The van der Waals surface area contributed by atoms with Gasteiger partial charge in [-0.1, -0.05) is 38.5 Å². The molecule has 0 saturated heterocycles. The number of allylic oxidation sites excluding steroid dienone is 2. The van der Waals surface area contributed by atoms with Crippen molar-refractivity contribution in [1.82, 2.24) is 0 Å². The Labute approximate surface area is 216 Å². The molecule has 37 heavy (non-hydrogen) atoms. The second kappa shape index (κ2) is 12.9. The highest BCUT2D eigenvalue weighted by Crippen LogP contribution is 2.27. The normalized spacial score (nSPS) is 12.8. The van der Waals surface area contributed by atoms with E-state index in [0.29, 0.717) is 29.9 Å². The van der Waals surface area contributed by atoms with Crippen LogP contribution in [-0.2, 0) is 16.0 Å². The summed E-state index contributed by atoms with van der Waals surface area (Å²) in [6, 6.07) is 9.22. The lowest BCUT2D eigenvalue weighted by Gasteiger charge is -2.11. The minimum Gasteiger partial charge on any atom is -0.507 e.